The Bertz CT molecular complexity index is 3220. The highest BCUT2D eigenvalue weighted by Crippen LogP contribution is 2.41. The standard InChI is InChI=1S/C61H55B2N5/c1-34-28-51-61-52(29-34)63(60-43(10)39(6)36(3)40(7)44(60)11)50-31-46(48-19-23-56(67-33-48)54-17-13-15-27-65-54)21-25-58(50)68(61)57-24-20-45(47-18-22-55(66-32-47)53-16-12-14-26-64-53)30-49(57)62(51)59-41(8)37(4)35(2)38(5)42(59)9/h12-33H,1-11H3. The van der Waals surface area contributed by atoms with Crippen molar-refractivity contribution in [1.82, 2.24) is 19.9 Å². The molecule has 0 N–H and O–H groups in total. The molecule has 0 aliphatic carbocycles. The zero-order valence-corrected chi connectivity index (χ0v) is 41.1. The molecule has 2 aliphatic rings. The van der Waals surface area contributed by atoms with Crippen LogP contribution in [-0.2, 0) is 0 Å². The van der Waals surface area contributed by atoms with Crippen molar-refractivity contribution in [2.24, 2.45) is 0 Å². The van der Waals surface area contributed by atoms with Crippen LogP contribution in [0.3, 0.4) is 0 Å². The van der Waals surface area contributed by atoms with Crippen LogP contribution in [-0.4, -0.2) is 33.4 Å². The molecule has 0 saturated carbocycles. The third kappa shape index (κ3) is 6.69. The molecule has 5 nitrogen and oxygen atoms in total. The van der Waals surface area contributed by atoms with Crippen molar-refractivity contribution in [1.29, 1.82) is 0 Å². The van der Waals surface area contributed by atoms with Gasteiger partial charge in [0.2, 0.25) is 13.4 Å². The lowest BCUT2D eigenvalue weighted by Crippen LogP contribution is -2.66. The molecule has 4 aromatic heterocycles. The van der Waals surface area contributed by atoms with Gasteiger partial charge in [-0.1, -0.05) is 99.4 Å². The number of anilines is 3. The Hall–Kier alpha value is -7.37. The molecule has 0 bridgehead atoms. The summed E-state index contributed by atoms with van der Waals surface area (Å²) in [5.74, 6) is 0. The number of hydrogen-bond acceptors (Lipinski definition) is 5. The fourth-order valence-electron chi connectivity index (χ4n) is 11.6. The summed E-state index contributed by atoms with van der Waals surface area (Å²) in [5, 5.41) is 0. The minimum atomic E-state index is -0.0116. The van der Waals surface area contributed by atoms with Crippen molar-refractivity contribution < 1.29 is 0 Å². The highest BCUT2D eigenvalue weighted by atomic mass is 15.2. The van der Waals surface area contributed by atoms with Crippen LogP contribution in [0.2, 0.25) is 0 Å². The summed E-state index contributed by atoms with van der Waals surface area (Å²) in [4.78, 5) is 21.7. The molecule has 0 amide bonds. The Morgan fingerprint density at radius 1 is 0.338 bits per heavy atom. The summed E-state index contributed by atoms with van der Waals surface area (Å²) in [7, 11) is 0. The molecule has 6 heterocycles. The van der Waals surface area contributed by atoms with Gasteiger partial charge in [-0.15, -0.1) is 0 Å². The molecule has 0 spiro atoms. The van der Waals surface area contributed by atoms with Crippen LogP contribution < -0.4 is 37.7 Å². The quantitative estimate of drug-likeness (QED) is 0.156. The zero-order chi connectivity index (χ0) is 47.3. The SMILES string of the molecule is Cc1cc2c3c(c1)B(c1c(C)c(C)c(C)c(C)c1C)c1cc(-c4ccc(-c5ccccn5)nc4)ccc1N3c1ccc(-c3ccc(-c4ccccn4)nc3)cc1B2c1c(C)c(C)c(C)c(C)c1C. The second-order valence-electron chi connectivity index (χ2n) is 19.4. The maximum absolute atomic E-state index is 4.95. The van der Waals surface area contributed by atoms with Gasteiger partial charge in [-0.25, -0.2) is 0 Å². The van der Waals surface area contributed by atoms with E-state index in [0.29, 0.717) is 0 Å². The Labute approximate surface area is 402 Å². The highest BCUT2D eigenvalue weighted by Gasteiger charge is 2.45. The molecular weight excluding hydrogens is 824 g/mol. The topological polar surface area (TPSA) is 54.8 Å². The Morgan fingerprint density at radius 2 is 0.706 bits per heavy atom. The van der Waals surface area contributed by atoms with E-state index in [4.69, 9.17) is 9.97 Å². The number of fused-ring (bicyclic) bond motifs is 4. The average molecular weight is 880 g/mol. The van der Waals surface area contributed by atoms with E-state index in [1.807, 2.05) is 61.2 Å². The summed E-state index contributed by atoms with van der Waals surface area (Å²) in [6.07, 6.45) is 7.66. The molecule has 68 heavy (non-hydrogen) atoms. The van der Waals surface area contributed by atoms with Gasteiger partial charge in [0, 0.05) is 53.0 Å². The number of rotatable bonds is 6. The first kappa shape index (κ1) is 43.2. The summed E-state index contributed by atoms with van der Waals surface area (Å²) >= 11 is 0. The van der Waals surface area contributed by atoms with Crippen LogP contribution in [0.5, 0.6) is 0 Å². The van der Waals surface area contributed by atoms with Crippen LogP contribution in [0.15, 0.2) is 134 Å². The second kappa shape index (κ2) is 16.4. The molecule has 0 fully saturated rings. The molecule has 0 atom stereocenters. The Balaban J connectivity index is 1.19. The van der Waals surface area contributed by atoms with Crippen LogP contribution in [0.25, 0.3) is 45.0 Å². The average Bonchev–Trinajstić information content (AvgIpc) is 3.37. The highest BCUT2D eigenvalue weighted by molar-refractivity contribution is 7.02. The number of nitrogens with zero attached hydrogens (tertiary/aromatic N) is 5. The van der Waals surface area contributed by atoms with Crippen LogP contribution in [0.4, 0.5) is 17.1 Å². The van der Waals surface area contributed by atoms with Gasteiger partial charge in [0.1, 0.15) is 0 Å². The van der Waals surface area contributed by atoms with Crippen molar-refractivity contribution >= 4 is 63.3 Å². The van der Waals surface area contributed by atoms with E-state index in [2.05, 4.69) is 164 Å². The first-order chi connectivity index (χ1) is 32.8. The lowest BCUT2D eigenvalue weighted by Gasteiger charge is -2.45. The van der Waals surface area contributed by atoms with Gasteiger partial charge in [-0.3, -0.25) is 19.9 Å². The predicted molar refractivity (Wildman–Crippen MR) is 288 cm³/mol. The summed E-state index contributed by atoms with van der Waals surface area (Å²) in [6, 6.07) is 39.8. The first-order valence-electron chi connectivity index (χ1n) is 23.9. The molecule has 9 aromatic rings. The van der Waals surface area contributed by atoms with Gasteiger partial charge in [0.15, 0.2) is 0 Å². The van der Waals surface area contributed by atoms with E-state index in [1.54, 1.807) is 0 Å². The molecule has 5 aromatic carbocycles. The van der Waals surface area contributed by atoms with Gasteiger partial charge >= 0.3 is 0 Å². The summed E-state index contributed by atoms with van der Waals surface area (Å²) in [5.41, 5.74) is 34.7. The fraction of sp³-hybridized carbons (Fsp3) is 0.180. The second-order valence-corrected chi connectivity index (χ2v) is 19.4. The number of aryl methyl sites for hydroxylation is 1. The van der Waals surface area contributed by atoms with E-state index in [0.717, 1.165) is 45.0 Å². The van der Waals surface area contributed by atoms with Crippen molar-refractivity contribution in [3.63, 3.8) is 0 Å². The Morgan fingerprint density at radius 3 is 1.06 bits per heavy atom. The van der Waals surface area contributed by atoms with Gasteiger partial charge in [0.25, 0.3) is 0 Å². The third-order valence-corrected chi connectivity index (χ3v) is 16.1. The first-order valence-corrected chi connectivity index (χ1v) is 23.9. The van der Waals surface area contributed by atoms with Crippen molar-refractivity contribution in [3.8, 4) is 45.0 Å². The normalized spacial score (nSPS) is 12.5. The molecule has 2 aliphatic heterocycles. The predicted octanol–water partition coefficient (Wildman–Crippen LogP) is 10.5. The van der Waals surface area contributed by atoms with Gasteiger partial charge in [-0.2, -0.15) is 0 Å². The van der Waals surface area contributed by atoms with Gasteiger partial charge in [-0.05, 0) is 191 Å². The number of hydrogen-bond donors (Lipinski definition) is 0. The lowest BCUT2D eigenvalue weighted by molar-refractivity contribution is 1.19. The molecule has 0 unspecified atom stereocenters. The molecule has 11 rings (SSSR count). The van der Waals surface area contributed by atoms with Gasteiger partial charge in [0.05, 0.1) is 22.8 Å². The van der Waals surface area contributed by atoms with E-state index in [1.165, 1.54) is 111 Å². The van der Waals surface area contributed by atoms with Crippen LogP contribution >= 0.6 is 0 Å². The number of pyridine rings is 4. The monoisotopic (exact) mass is 879 g/mol. The number of benzene rings is 5. The van der Waals surface area contributed by atoms with E-state index < -0.39 is 0 Å². The van der Waals surface area contributed by atoms with Crippen LogP contribution in [0.1, 0.15) is 61.2 Å². The minimum Gasteiger partial charge on any atom is -0.313 e. The Kier molecular flexibility index (Phi) is 10.5. The lowest BCUT2D eigenvalue weighted by atomic mass is 9.29. The largest absolute Gasteiger partial charge is 0.313 e. The summed E-state index contributed by atoms with van der Waals surface area (Å²) < 4.78 is 0. The smallest absolute Gasteiger partial charge is 0.247 e. The molecule has 0 saturated heterocycles. The van der Waals surface area contributed by atoms with Crippen molar-refractivity contribution in [3.05, 3.63) is 195 Å². The molecule has 330 valence electrons. The maximum atomic E-state index is 4.95. The summed E-state index contributed by atoms with van der Waals surface area (Å²) in [6.45, 7) is 25.5. The van der Waals surface area contributed by atoms with E-state index >= 15 is 0 Å². The molecule has 7 heteroatoms. The van der Waals surface area contributed by atoms with Gasteiger partial charge < -0.3 is 4.90 Å². The van der Waals surface area contributed by atoms with Crippen molar-refractivity contribution in [2.75, 3.05) is 4.90 Å². The molecule has 0 radical (unpaired) electrons. The number of aromatic nitrogens is 4. The van der Waals surface area contributed by atoms with E-state index in [9.17, 15) is 0 Å². The minimum absolute atomic E-state index is 0.0116. The van der Waals surface area contributed by atoms with E-state index in [-0.39, 0.29) is 13.4 Å². The van der Waals surface area contributed by atoms with Crippen LogP contribution in [0, 0.1) is 76.2 Å². The maximum Gasteiger partial charge on any atom is 0.247 e. The van der Waals surface area contributed by atoms with Crippen molar-refractivity contribution in [2.45, 2.75) is 76.2 Å². The third-order valence-electron chi connectivity index (χ3n) is 16.1. The molecular formula is C61H55B2N5. The fourth-order valence-corrected chi connectivity index (χ4v) is 11.6. The zero-order valence-electron chi connectivity index (χ0n) is 41.1.